The zero-order valence-electron chi connectivity index (χ0n) is 7.41. The average molecular weight is 163 g/mol. The first kappa shape index (κ1) is 8.87. The van der Waals surface area contributed by atoms with Crippen LogP contribution in [0.5, 0.6) is 0 Å². The van der Waals surface area contributed by atoms with Gasteiger partial charge in [-0.2, -0.15) is 0 Å². The Bertz CT molecular complexity index is 294. The second-order valence-corrected chi connectivity index (χ2v) is 2.85. The fraction of sp³-hybridized carbons (Fsp3) is 0.333. The van der Waals surface area contributed by atoms with Crippen LogP contribution in [-0.4, -0.2) is 9.97 Å². The van der Waals surface area contributed by atoms with Crippen molar-refractivity contribution in [2.24, 2.45) is 5.73 Å². The van der Waals surface area contributed by atoms with Crippen molar-refractivity contribution < 1.29 is 0 Å². The number of hydrogen-bond acceptors (Lipinski definition) is 3. The van der Waals surface area contributed by atoms with E-state index < -0.39 is 0 Å². The van der Waals surface area contributed by atoms with Crippen LogP contribution >= 0.6 is 0 Å². The lowest BCUT2D eigenvalue weighted by Crippen LogP contribution is -2.13. The van der Waals surface area contributed by atoms with Crippen molar-refractivity contribution in [2.75, 3.05) is 0 Å². The molecule has 3 heteroatoms. The van der Waals surface area contributed by atoms with Gasteiger partial charge in [0, 0.05) is 6.20 Å². The minimum Gasteiger partial charge on any atom is -0.319 e. The molecular weight excluding hydrogens is 150 g/mol. The molecule has 1 unspecified atom stereocenters. The Hall–Kier alpha value is -1.22. The van der Waals surface area contributed by atoms with Gasteiger partial charge in [-0.1, -0.05) is 12.2 Å². The normalized spacial score (nSPS) is 12.6. The van der Waals surface area contributed by atoms with E-state index in [1.54, 1.807) is 6.20 Å². The average Bonchev–Trinajstić information content (AvgIpc) is 2.03. The third kappa shape index (κ3) is 1.89. The molecule has 1 rings (SSSR count). The lowest BCUT2D eigenvalue weighted by Gasteiger charge is -2.09. The second-order valence-electron chi connectivity index (χ2n) is 2.85. The summed E-state index contributed by atoms with van der Waals surface area (Å²) < 4.78 is 0. The summed E-state index contributed by atoms with van der Waals surface area (Å²) in [5.41, 5.74) is 7.56. The van der Waals surface area contributed by atoms with Crippen molar-refractivity contribution in [1.82, 2.24) is 9.97 Å². The topological polar surface area (TPSA) is 51.8 Å². The molecule has 1 atom stereocenters. The predicted molar refractivity (Wildman–Crippen MR) is 48.5 cm³/mol. The Morgan fingerprint density at radius 2 is 2.33 bits per heavy atom. The zero-order chi connectivity index (χ0) is 9.14. The van der Waals surface area contributed by atoms with Gasteiger partial charge in [-0.15, -0.1) is 0 Å². The maximum absolute atomic E-state index is 5.82. The van der Waals surface area contributed by atoms with Gasteiger partial charge in [0.05, 0.1) is 11.7 Å². The van der Waals surface area contributed by atoms with E-state index in [9.17, 15) is 0 Å². The van der Waals surface area contributed by atoms with Gasteiger partial charge in [0.25, 0.3) is 0 Å². The van der Waals surface area contributed by atoms with Crippen molar-refractivity contribution in [3.63, 3.8) is 0 Å². The van der Waals surface area contributed by atoms with E-state index in [4.69, 9.17) is 5.73 Å². The van der Waals surface area contributed by atoms with Crippen molar-refractivity contribution in [3.8, 4) is 0 Å². The summed E-state index contributed by atoms with van der Waals surface area (Å²) in [6, 6.07) is 1.64. The second kappa shape index (κ2) is 3.45. The summed E-state index contributed by atoms with van der Waals surface area (Å²) in [7, 11) is 0. The van der Waals surface area contributed by atoms with Crippen LogP contribution < -0.4 is 5.73 Å². The highest BCUT2D eigenvalue weighted by molar-refractivity contribution is 5.17. The lowest BCUT2D eigenvalue weighted by molar-refractivity contribution is 0.793. The van der Waals surface area contributed by atoms with Crippen LogP contribution in [0.25, 0.3) is 0 Å². The molecule has 1 heterocycles. The van der Waals surface area contributed by atoms with Crippen molar-refractivity contribution in [2.45, 2.75) is 19.9 Å². The molecule has 1 aromatic rings. The van der Waals surface area contributed by atoms with Gasteiger partial charge < -0.3 is 5.73 Å². The summed E-state index contributed by atoms with van der Waals surface area (Å²) in [6.45, 7) is 7.51. The van der Waals surface area contributed by atoms with Crippen LogP contribution in [0.3, 0.4) is 0 Å². The standard InChI is InChI=1S/C9H13N3/c1-6(2)9(10)8-4-5-11-7(3)12-8/h4-5,9H,1,10H2,2-3H3. The van der Waals surface area contributed by atoms with Crippen LogP contribution in [0, 0.1) is 6.92 Å². The zero-order valence-corrected chi connectivity index (χ0v) is 7.41. The first-order chi connectivity index (χ1) is 5.61. The minimum atomic E-state index is -0.174. The molecule has 0 fully saturated rings. The summed E-state index contributed by atoms with van der Waals surface area (Å²) in [5, 5.41) is 0. The lowest BCUT2D eigenvalue weighted by atomic mass is 10.1. The fourth-order valence-electron chi connectivity index (χ4n) is 0.900. The van der Waals surface area contributed by atoms with Crippen LogP contribution in [0.2, 0.25) is 0 Å². The Morgan fingerprint density at radius 1 is 1.67 bits per heavy atom. The molecule has 64 valence electrons. The van der Waals surface area contributed by atoms with Gasteiger partial charge in [0.2, 0.25) is 0 Å². The number of nitrogens with zero attached hydrogens (tertiary/aromatic N) is 2. The number of aromatic nitrogens is 2. The van der Waals surface area contributed by atoms with Gasteiger partial charge in [-0.3, -0.25) is 0 Å². The van der Waals surface area contributed by atoms with E-state index in [1.807, 2.05) is 19.9 Å². The molecule has 2 N–H and O–H groups in total. The first-order valence-corrected chi connectivity index (χ1v) is 3.82. The van der Waals surface area contributed by atoms with Crippen molar-refractivity contribution in [1.29, 1.82) is 0 Å². The fourth-order valence-corrected chi connectivity index (χ4v) is 0.900. The maximum Gasteiger partial charge on any atom is 0.125 e. The molecule has 0 saturated heterocycles. The highest BCUT2D eigenvalue weighted by Crippen LogP contribution is 2.13. The molecular formula is C9H13N3. The third-order valence-corrected chi connectivity index (χ3v) is 1.65. The van der Waals surface area contributed by atoms with Crippen LogP contribution in [0.1, 0.15) is 24.5 Å². The van der Waals surface area contributed by atoms with Gasteiger partial charge in [0.1, 0.15) is 5.82 Å². The molecule has 0 radical (unpaired) electrons. The van der Waals surface area contributed by atoms with E-state index in [-0.39, 0.29) is 6.04 Å². The SMILES string of the molecule is C=C(C)C(N)c1ccnc(C)n1. The Balaban J connectivity index is 2.95. The first-order valence-electron chi connectivity index (χ1n) is 3.82. The summed E-state index contributed by atoms with van der Waals surface area (Å²) >= 11 is 0. The van der Waals surface area contributed by atoms with Gasteiger partial charge in [-0.05, 0) is 19.9 Å². The third-order valence-electron chi connectivity index (χ3n) is 1.65. The minimum absolute atomic E-state index is 0.174. The van der Waals surface area contributed by atoms with E-state index in [0.29, 0.717) is 0 Å². The monoisotopic (exact) mass is 163 g/mol. The largest absolute Gasteiger partial charge is 0.319 e. The quantitative estimate of drug-likeness (QED) is 0.670. The van der Waals surface area contributed by atoms with Gasteiger partial charge in [-0.25, -0.2) is 9.97 Å². The van der Waals surface area contributed by atoms with Crippen LogP contribution in [0.4, 0.5) is 0 Å². The van der Waals surface area contributed by atoms with Crippen LogP contribution in [0.15, 0.2) is 24.4 Å². The maximum atomic E-state index is 5.82. The Morgan fingerprint density at radius 3 is 2.83 bits per heavy atom. The smallest absolute Gasteiger partial charge is 0.125 e. The molecule has 0 saturated carbocycles. The van der Waals surface area contributed by atoms with E-state index >= 15 is 0 Å². The van der Waals surface area contributed by atoms with Crippen LogP contribution in [-0.2, 0) is 0 Å². The molecule has 0 bridgehead atoms. The predicted octanol–water partition coefficient (Wildman–Crippen LogP) is 1.36. The molecule has 1 aromatic heterocycles. The van der Waals surface area contributed by atoms with Gasteiger partial charge >= 0.3 is 0 Å². The Labute approximate surface area is 72.3 Å². The number of aryl methyl sites for hydroxylation is 1. The molecule has 0 aromatic carbocycles. The molecule has 12 heavy (non-hydrogen) atoms. The summed E-state index contributed by atoms with van der Waals surface area (Å²) in [6.07, 6.45) is 1.71. The number of rotatable bonds is 2. The summed E-state index contributed by atoms with van der Waals surface area (Å²) in [4.78, 5) is 8.18. The van der Waals surface area contributed by atoms with E-state index in [1.165, 1.54) is 0 Å². The number of nitrogens with two attached hydrogens (primary N) is 1. The molecule has 0 aliphatic carbocycles. The van der Waals surface area contributed by atoms with Crippen molar-refractivity contribution in [3.05, 3.63) is 35.9 Å². The molecule has 0 spiro atoms. The number of hydrogen-bond donors (Lipinski definition) is 1. The highest BCUT2D eigenvalue weighted by Gasteiger charge is 2.07. The highest BCUT2D eigenvalue weighted by atomic mass is 14.9. The molecule has 0 aliphatic heterocycles. The summed E-state index contributed by atoms with van der Waals surface area (Å²) in [5.74, 6) is 0.740. The van der Waals surface area contributed by atoms with Crippen molar-refractivity contribution >= 4 is 0 Å². The van der Waals surface area contributed by atoms with Gasteiger partial charge in [0.15, 0.2) is 0 Å². The molecule has 0 amide bonds. The molecule has 3 nitrogen and oxygen atoms in total. The van der Waals surface area contributed by atoms with E-state index in [0.717, 1.165) is 17.1 Å². The van der Waals surface area contributed by atoms with E-state index in [2.05, 4.69) is 16.5 Å². The Kier molecular flexibility index (Phi) is 2.55. The molecule has 0 aliphatic rings.